The van der Waals surface area contributed by atoms with E-state index in [-0.39, 0.29) is 17.4 Å². The van der Waals surface area contributed by atoms with Crippen molar-refractivity contribution in [2.45, 2.75) is 25.5 Å². The van der Waals surface area contributed by atoms with E-state index in [1.54, 1.807) is 11.0 Å². The van der Waals surface area contributed by atoms with Crippen molar-refractivity contribution in [1.82, 2.24) is 9.80 Å². The highest BCUT2D eigenvalue weighted by atomic mass is 16.5. The van der Waals surface area contributed by atoms with Gasteiger partial charge >= 0.3 is 0 Å². The lowest BCUT2D eigenvalue weighted by molar-refractivity contribution is -0.140. The van der Waals surface area contributed by atoms with Gasteiger partial charge in [0.15, 0.2) is 0 Å². The molecular formula is C26H31N3O4. The molecule has 33 heavy (non-hydrogen) atoms. The van der Waals surface area contributed by atoms with E-state index in [0.717, 1.165) is 29.0 Å². The van der Waals surface area contributed by atoms with Gasteiger partial charge in [-0.15, -0.1) is 0 Å². The number of anilines is 1. The molecule has 0 bridgehead atoms. The molecule has 0 unspecified atom stereocenters. The molecule has 0 aromatic heterocycles. The zero-order valence-electron chi connectivity index (χ0n) is 19.8. The van der Waals surface area contributed by atoms with Gasteiger partial charge in [0.05, 0.1) is 11.6 Å². The third-order valence-electron chi connectivity index (χ3n) is 6.22. The maximum atomic E-state index is 13.2. The summed E-state index contributed by atoms with van der Waals surface area (Å²) >= 11 is 0. The normalized spacial score (nSPS) is 21.5. The number of rotatable bonds is 6. The van der Waals surface area contributed by atoms with Gasteiger partial charge < -0.3 is 24.5 Å². The first-order valence-corrected chi connectivity index (χ1v) is 11.2. The standard InChI is InChI=1S/C26H31N3O4/c1-16-14-19-15-18(8-11-21(19)33-16)24(30)22-23(17-6-9-20(10-7-17)28(4)5)29(13-12-27(2)3)26(32)25(22)31/h6-11,15-16,23,30H,12-14H2,1-5H3/t16-,23+/m0/s1. The largest absolute Gasteiger partial charge is 0.507 e. The average molecular weight is 450 g/mol. The number of carbonyl (C=O) groups excluding carboxylic acids is 2. The van der Waals surface area contributed by atoms with E-state index in [1.807, 2.05) is 81.3 Å². The molecule has 1 amide bonds. The second-order valence-corrected chi connectivity index (χ2v) is 9.24. The molecule has 1 saturated heterocycles. The second-order valence-electron chi connectivity index (χ2n) is 9.24. The van der Waals surface area contributed by atoms with Crippen LogP contribution in [0.4, 0.5) is 5.69 Å². The summed E-state index contributed by atoms with van der Waals surface area (Å²) in [6.45, 7) is 2.98. The van der Waals surface area contributed by atoms with E-state index in [0.29, 0.717) is 18.7 Å². The van der Waals surface area contributed by atoms with Gasteiger partial charge in [-0.05, 0) is 62.5 Å². The second kappa shape index (κ2) is 8.90. The van der Waals surface area contributed by atoms with Crippen LogP contribution in [-0.4, -0.2) is 74.0 Å². The summed E-state index contributed by atoms with van der Waals surface area (Å²) in [5.74, 6) is -0.595. The Morgan fingerprint density at radius 1 is 1.09 bits per heavy atom. The summed E-state index contributed by atoms with van der Waals surface area (Å²) in [5.41, 5.74) is 3.44. The molecule has 2 aromatic carbocycles. The molecule has 4 rings (SSSR count). The highest BCUT2D eigenvalue weighted by Gasteiger charge is 2.46. The van der Waals surface area contributed by atoms with Gasteiger partial charge in [-0.25, -0.2) is 0 Å². The van der Waals surface area contributed by atoms with Crippen molar-refractivity contribution >= 4 is 23.1 Å². The molecule has 7 nitrogen and oxygen atoms in total. The third kappa shape index (κ3) is 4.33. The van der Waals surface area contributed by atoms with Gasteiger partial charge in [-0.3, -0.25) is 9.59 Å². The number of likely N-dealkylation sites (N-methyl/N-ethyl adjacent to an activating group) is 1. The Labute approximate surface area is 194 Å². The van der Waals surface area contributed by atoms with Crippen LogP contribution in [0.25, 0.3) is 5.76 Å². The number of ketones is 1. The fourth-order valence-corrected chi connectivity index (χ4v) is 4.44. The molecule has 2 aromatic rings. The summed E-state index contributed by atoms with van der Waals surface area (Å²) in [5, 5.41) is 11.3. The maximum Gasteiger partial charge on any atom is 0.295 e. The van der Waals surface area contributed by atoms with Crippen LogP contribution in [0.1, 0.15) is 29.7 Å². The lowest BCUT2D eigenvalue weighted by atomic mass is 9.94. The first kappa shape index (κ1) is 22.9. The van der Waals surface area contributed by atoms with E-state index >= 15 is 0 Å². The van der Waals surface area contributed by atoms with Crippen molar-refractivity contribution in [1.29, 1.82) is 0 Å². The summed E-state index contributed by atoms with van der Waals surface area (Å²) < 4.78 is 5.76. The van der Waals surface area contributed by atoms with Crippen LogP contribution in [0.3, 0.4) is 0 Å². The number of Topliss-reactive ketones (excluding diaryl/α,β-unsaturated/α-hetero) is 1. The zero-order valence-corrected chi connectivity index (χ0v) is 19.8. The van der Waals surface area contributed by atoms with Crippen LogP contribution in [-0.2, 0) is 16.0 Å². The van der Waals surface area contributed by atoms with Gasteiger partial charge in [0.1, 0.15) is 17.6 Å². The van der Waals surface area contributed by atoms with Crippen LogP contribution >= 0.6 is 0 Å². The van der Waals surface area contributed by atoms with Gasteiger partial charge in [0, 0.05) is 44.9 Å². The quantitative estimate of drug-likeness (QED) is 0.415. The number of benzene rings is 2. The van der Waals surface area contributed by atoms with Crippen molar-refractivity contribution in [2.75, 3.05) is 46.2 Å². The van der Waals surface area contributed by atoms with Crippen LogP contribution in [0.15, 0.2) is 48.0 Å². The first-order chi connectivity index (χ1) is 15.7. The summed E-state index contributed by atoms with van der Waals surface area (Å²) in [7, 11) is 7.75. The van der Waals surface area contributed by atoms with Crippen LogP contribution in [0.5, 0.6) is 5.75 Å². The monoisotopic (exact) mass is 449 g/mol. The molecule has 0 aliphatic carbocycles. The number of likely N-dealkylation sites (tertiary alicyclic amines) is 1. The van der Waals surface area contributed by atoms with Crippen LogP contribution < -0.4 is 9.64 Å². The fraction of sp³-hybridized carbons (Fsp3) is 0.385. The summed E-state index contributed by atoms with van der Waals surface area (Å²) in [6, 6.07) is 12.5. The number of amides is 1. The molecule has 2 aliphatic heterocycles. The Kier molecular flexibility index (Phi) is 6.17. The minimum absolute atomic E-state index is 0.0734. The Balaban J connectivity index is 1.80. The van der Waals surface area contributed by atoms with Crippen molar-refractivity contribution in [3.05, 3.63) is 64.7 Å². The average Bonchev–Trinajstić information content (AvgIpc) is 3.27. The van der Waals surface area contributed by atoms with Gasteiger partial charge in [-0.2, -0.15) is 0 Å². The molecule has 7 heteroatoms. The highest BCUT2D eigenvalue weighted by molar-refractivity contribution is 6.46. The minimum Gasteiger partial charge on any atom is -0.507 e. The molecule has 0 saturated carbocycles. The molecule has 174 valence electrons. The topological polar surface area (TPSA) is 73.3 Å². The number of aliphatic hydroxyl groups is 1. The number of nitrogens with zero attached hydrogens (tertiary/aromatic N) is 3. The summed E-state index contributed by atoms with van der Waals surface area (Å²) in [4.78, 5) is 31.7. The Hall–Kier alpha value is -3.32. The molecule has 2 atom stereocenters. The number of fused-ring (bicyclic) bond motifs is 1. The zero-order chi connectivity index (χ0) is 23.9. The van der Waals surface area contributed by atoms with Gasteiger partial charge in [0.2, 0.25) is 0 Å². The molecule has 1 fully saturated rings. The van der Waals surface area contributed by atoms with Crippen molar-refractivity contribution in [2.24, 2.45) is 0 Å². The molecule has 0 spiro atoms. The van der Waals surface area contributed by atoms with E-state index in [4.69, 9.17) is 4.74 Å². The number of aliphatic hydroxyl groups excluding tert-OH is 1. The number of ether oxygens (including phenoxy) is 1. The molecule has 2 heterocycles. The molecule has 2 aliphatic rings. The predicted molar refractivity (Wildman–Crippen MR) is 129 cm³/mol. The maximum absolute atomic E-state index is 13.2. The van der Waals surface area contributed by atoms with E-state index in [2.05, 4.69) is 0 Å². The lowest BCUT2D eigenvalue weighted by Gasteiger charge is -2.27. The van der Waals surface area contributed by atoms with Crippen LogP contribution in [0, 0.1) is 0 Å². The Bertz CT molecular complexity index is 1110. The van der Waals surface area contributed by atoms with Crippen molar-refractivity contribution in [3.63, 3.8) is 0 Å². The Morgan fingerprint density at radius 2 is 1.79 bits per heavy atom. The summed E-state index contributed by atoms with van der Waals surface area (Å²) in [6.07, 6.45) is 0.812. The lowest BCUT2D eigenvalue weighted by Crippen LogP contribution is -2.35. The SMILES string of the molecule is C[C@H]1Cc2cc(C(O)=C3C(=O)C(=O)N(CCN(C)C)[C@@H]3c3ccc(N(C)C)cc3)ccc2O1. The predicted octanol–water partition coefficient (Wildman–Crippen LogP) is 3.06. The molecule has 1 N–H and O–H groups in total. The fourth-order valence-electron chi connectivity index (χ4n) is 4.44. The van der Waals surface area contributed by atoms with E-state index in [9.17, 15) is 14.7 Å². The number of hydrogen-bond acceptors (Lipinski definition) is 6. The highest BCUT2D eigenvalue weighted by Crippen LogP contribution is 2.40. The van der Waals surface area contributed by atoms with Crippen molar-refractivity contribution < 1.29 is 19.4 Å². The minimum atomic E-state index is -0.655. The molecule has 0 radical (unpaired) electrons. The number of carbonyl (C=O) groups is 2. The number of hydrogen-bond donors (Lipinski definition) is 1. The van der Waals surface area contributed by atoms with Crippen LogP contribution in [0.2, 0.25) is 0 Å². The van der Waals surface area contributed by atoms with Crippen molar-refractivity contribution in [3.8, 4) is 5.75 Å². The van der Waals surface area contributed by atoms with E-state index in [1.165, 1.54) is 0 Å². The third-order valence-corrected chi connectivity index (χ3v) is 6.22. The van der Waals surface area contributed by atoms with E-state index < -0.39 is 17.7 Å². The van der Waals surface area contributed by atoms with Gasteiger partial charge in [0.25, 0.3) is 11.7 Å². The Morgan fingerprint density at radius 3 is 2.42 bits per heavy atom. The molecular weight excluding hydrogens is 418 g/mol. The smallest absolute Gasteiger partial charge is 0.295 e. The van der Waals surface area contributed by atoms with Gasteiger partial charge in [-0.1, -0.05) is 12.1 Å². The first-order valence-electron chi connectivity index (χ1n) is 11.2.